The molecule has 1 aromatic heterocycles. The normalized spacial score (nSPS) is 19.5. The molecule has 28 heavy (non-hydrogen) atoms. The van der Waals surface area contributed by atoms with Crippen molar-refractivity contribution in [2.75, 3.05) is 19.6 Å². The molecule has 4 rings (SSSR count). The van der Waals surface area contributed by atoms with Crippen molar-refractivity contribution in [2.24, 2.45) is 0 Å². The summed E-state index contributed by atoms with van der Waals surface area (Å²) in [5, 5.41) is 17.7. The Hall–Kier alpha value is -2.76. The van der Waals surface area contributed by atoms with Gasteiger partial charge >= 0.3 is 0 Å². The number of benzene rings is 2. The van der Waals surface area contributed by atoms with Gasteiger partial charge in [-0.15, -0.1) is 0 Å². The molecule has 1 amide bonds. The van der Waals surface area contributed by atoms with Crippen LogP contribution in [-0.2, 0) is 0 Å². The molecule has 1 atom stereocenters. The van der Waals surface area contributed by atoms with Crippen LogP contribution in [0.15, 0.2) is 54.6 Å². The van der Waals surface area contributed by atoms with Crippen molar-refractivity contribution in [1.29, 1.82) is 0 Å². The first-order valence-corrected chi connectivity index (χ1v) is 9.72. The largest absolute Gasteiger partial charge is 0.387 e. The average Bonchev–Trinajstić information content (AvgIpc) is 2.72. The second-order valence-electron chi connectivity index (χ2n) is 7.63. The van der Waals surface area contributed by atoms with Gasteiger partial charge in [0.15, 0.2) is 0 Å². The van der Waals surface area contributed by atoms with Crippen LogP contribution in [0.25, 0.3) is 22.0 Å². The molecule has 2 heterocycles. The van der Waals surface area contributed by atoms with Crippen molar-refractivity contribution in [3.63, 3.8) is 0 Å². The molecule has 2 aromatic carbocycles. The van der Waals surface area contributed by atoms with Gasteiger partial charge in [0.1, 0.15) is 0 Å². The topological polar surface area (TPSA) is 74.2 Å². The number of β-amino-alcohol motifs (C(OH)–C–C–N with tert-alkyl or cyclic N) is 1. The summed E-state index contributed by atoms with van der Waals surface area (Å²) < 4.78 is 0. The number of amides is 1. The quantitative estimate of drug-likeness (QED) is 0.655. The molecule has 3 N–H and O–H groups in total. The fourth-order valence-electron chi connectivity index (χ4n) is 3.70. The highest BCUT2D eigenvalue weighted by Crippen LogP contribution is 2.25. The number of fused-ring (bicyclic) bond motifs is 1. The summed E-state index contributed by atoms with van der Waals surface area (Å²) in [5.74, 6) is -0.168. The van der Waals surface area contributed by atoms with Crippen LogP contribution in [0.5, 0.6) is 0 Å². The zero-order valence-electron chi connectivity index (χ0n) is 16.0. The van der Waals surface area contributed by atoms with E-state index in [9.17, 15) is 9.90 Å². The zero-order chi connectivity index (χ0) is 19.6. The number of nitrogens with zero attached hydrogens (tertiary/aromatic N) is 1. The maximum atomic E-state index is 12.6. The first-order valence-electron chi connectivity index (χ1n) is 9.72. The smallest absolute Gasteiger partial charge is 0.251 e. The molecule has 1 aliphatic heterocycles. The van der Waals surface area contributed by atoms with Crippen LogP contribution in [-0.4, -0.2) is 41.2 Å². The van der Waals surface area contributed by atoms with E-state index in [0.717, 1.165) is 40.7 Å². The molecule has 0 unspecified atom stereocenters. The van der Waals surface area contributed by atoms with Crippen molar-refractivity contribution in [2.45, 2.75) is 25.4 Å². The third-order valence-corrected chi connectivity index (χ3v) is 5.31. The van der Waals surface area contributed by atoms with Crippen LogP contribution in [0.1, 0.15) is 28.9 Å². The first kappa shape index (κ1) is 18.6. The second-order valence-corrected chi connectivity index (χ2v) is 7.63. The molecule has 0 radical (unpaired) electrons. The maximum Gasteiger partial charge on any atom is 0.251 e. The Kier molecular flexibility index (Phi) is 5.11. The second kappa shape index (κ2) is 7.70. The van der Waals surface area contributed by atoms with Crippen molar-refractivity contribution in [3.05, 3.63) is 65.9 Å². The fourth-order valence-corrected chi connectivity index (χ4v) is 3.70. The number of pyridine rings is 1. The molecule has 1 saturated heterocycles. The number of piperidine rings is 1. The summed E-state index contributed by atoms with van der Waals surface area (Å²) in [7, 11) is 0. The highest BCUT2D eigenvalue weighted by Gasteiger charge is 2.29. The monoisotopic (exact) mass is 375 g/mol. The average molecular weight is 375 g/mol. The molecule has 0 spiro atoms. The van der Waals surface area contributed by atoms with Crippen LogP contribution in [0.4, 0.5) is 0 Å². The molecule has 144 valence electrons. The molecule has 5 nitrogen and oxygen atoms in total. The molecule has 1 aliphatic rings. The highest BCUT2D eigenvalue weighted by atomic mass is 16.3. The SMILES string of the molecule is Cc1ccc2cc(-c3cccc(C(=O)NC[C@]4(O)CCCNC4)c3)ccc2n1. The number of carbonyl (C=O) groups is 1. The van der Waals surface area contributed by atoms with Crippen LogP contribution in [0.2, 0.25) is 0 Å². The lowest BCUT2D eigenvalue weighted by atomic mass is 9.94. The molecule has 0 bridgehead atoms. The third-order valence-electron chi connectivity index (χ3n) is 5.31. The molecular weight excluding hydrogens is 350 g/mol. The van der Waals surface area contributed by atoms with Crippen molar-refractivity contribution in [3.8, 4) is 11.1 Å². The summed E-state index contributed by atoms with van der Waals surface area (Å²) in [6, 6.07) is 17.8. The van der Waals surface area contributed by atoms with E-state index < -0.39 is 5.60 Å². The summed E-state index contributed by atoms with van der Waals surface area (Å²) in [6.45, 7) is 3.66. The molecule has 0 saturated carbocycles. The number of hydrogen-bond donors (Lipinski definition) is 3. The lowest BCUT2D eigenvalue weighted by Crippen LogP contribution is -2.52. The Morgan fingerprint density at radius 1 is 1.18 bits per heavy atom. The summed E-state index contributed by atoms with van der Waals surface area (Å²) in [5.41, 5.74) is 3.71. The van der Waals surface area contributed by atoms with Gasteiger partial charge in [0, 0.05) is 29.7 Å². The Bertz CT molecular complexity index is 1010. The van der Waals surface area contributed by atoms with E-state index in [4.69, 9.17) is 0 Å². The van der Waals surface area contributed by atoms with E-state index >= 15 is 0 Å². The van der Waals surface area contributed by atoms with Crippen molar-refractivity contribution >= 4 is 16.8 Å². The van der Waals surface area contributed by atoms with Gasteiger partial charge in [-0.05, 0) is 67.8 Å². The predicted molar refractivity (Wildman–Crippen MR) is 111 cm³/mol. The summed E-state index contributed by atoms with van der Waals surface area (Å²) in [6.07, 6.45) is 1.61. The lowest BCUT2D eigenvalue weighted by molar-refractivity contribution is 0.0170. The van der Waals surface area contributed by atoms with E-state index in [0.29, 0.717) is 18.5 Å². The zero-order valence-corrected chi connectivity index (χ0v) is 16.0. The number of aromatic nitrogens is 1. The van der Waals surface area contributed by atoms with Gasteiger partial charge in [-0.25, -0.2) is 0 Å². The molecule has 5 heteroatoms. The predicted octanol–water partition coefficient (Wildman–Crippen LogP) is 3.05. The molecule has 3 aromatic rings. The Labute approximate surface area is 164 Å². The van der Waals surface area contributed by atoms with E-state index in [2.05, 4.69) is 27.8 Å². The molecular formula is C23H25N3O2. The van der Waals surface area contributed by atoms with Gasteiger partial charge in [-0.2, -0.15) is 0 Å². The molecule has 1 fully saturated rings. The van der Waals surface area contributed by atoms with Gasteiger partial charge in [0.2, 0.25) is 0 Å². The maximum absolute atomic E-state index is 12.6. The van der Waals surface area contributed by atoms with E-state index in [-0.39, 0.29) is 12.5 Å². The number of nitrogens with one attached hydrogen (secondary N) is 2. The van der Waals surface area contributed by atoms with Gasteiger partial charge in [-0.3, -0.25) is 9.78 Å². The molecule has 0 aliphatic carbocycles. The van der Waals surface area contributed by atoms with Gasteiger partial charge in [-0.1, -0.05) is 24.3 Å². The highest BCUT2D eigenvalue weighted by molar-refractivity contribution is 5.96. The minimum absolute atomic E-state index is 0.168. The van der Waals surface area contributed by atoms with E-state index in [1.165, 1.54) is 0 Å². The summed E-state index contributed by atoms with van der Waals surface area (Å²) >= 11 is 0. The number of rotatable bonds is 4. The first-order chi connectivity index (χ1) is 13.5. The Morgan fingerprint density at radius 3 is 2.86 bits per heavy atom. The Morgan fingerprint density at radius 2 is 2.04 bits per heavy atom. The van der Waals surface area contributed by atoms with E-state index in [1.54, 1.807) is 6.07 Å². The van der Waals surface area contributed by atoms with Crippen molar-refractivity contribution < 1.29 is 9.90 Å². The number of carbonyl (C=O) groups excluding carboxylic acids is 1. The standard InChI is InChI=1S/C23H25N3O2/c1-16-6-7-19-12-18(8-9-21(19)26-16)17-4-2-5-20(13-17)22(27)25-15-23(28)10-3-11-24-14-23/h2,4-9,12-13,24,28H,3,10-11,14-15H2,1H3,(H,25,27)/t23-/m0/s1. The minimum atomic E-state index is -0.866. The third kappa shape index (κ3) is 4.06. The fraction of sp³-hybridized carbons (Fsp3) is 0.304. The van der Waals surface area contributed by atoms with Crippen LogP contribution in [0, 0.1) is 6.92 Å². The van der Waals surface area contributed by atoms with E-state index in [1.807, 2.05) is 43.3 Å². The summed E-state index contributed by atoms with van der Waals surface area (Å²) in [4.78, 5) is 17.1. The van der Waals surface area contributed by atoms with Crippen LogP contribution >= 0.6 is 0 Å². The lowest BCUT2D eigenvalue weighted by Gasteiger charge is -2.32. The van der Waals surface area contributed by atoms with Crippen LogP contribution in [0.3, 0.4) is 0 Å². The number of aryl methyl sites for hydroxylation is 1. The minimum Gasteiger partial charge on any atom is -0.387 e. The van der Waals surface area contributed by atoms with Gasteiger partial charge < -0.3 is 15.7 Å². The van der Waals surface area contributed by atoms with Gasteiger partial charge in [0.25, 0.3) is 5.91 Å². The Balaban J connectivity index is 1.52. The van der Waals surface area contributed by atoms with Crippen LogP contribution < -0.4 is 10.6 Å². The number of hydrogen-bond acceptors (Lipinski definition) is 4. The van der Waals surface area contributed by atoms with Crippen molar-refractivity contribution in [1.82, 2.24) is 15.6 Å². The number of aliphatic hydroxyl groups is 1. The van der Waals surface area contributed by atoms with Gasteiger partial charge in [0.05, 0.1) is 11.1 Å².